The molecule has 126 valence electrons. The van der Waals surface area contributed by atoms with Crippen molar-refractivity contribution in [2.24, 2.45) is 5.73 Å². The number of terminal acetylenes is 1. The van der Waals surface area contributed by atoms with E-state index >= 15 is 0 Å². The molecule has 0 unspecified atom stereocenters. The highest BCUT2D eigenvalue weighted by atomic mass is 35.5. The predicted molar refractivity (Wildman–Crippen MR) is 90.4 cm³/mol. The number of ether oxygens (including phenoxy) is 1. The molecule has 0 aliphatic heterocycles. The maximum atomic E-state index is 10.7. The number of carboxylic acids is 1. The van der Waals surface area contributed by atoms with Gasteiger partial charge in [-0.15, -0.1) is 6.42 Å². The van der Waals surface area contributed by atoms with Crippen molar-refractivity contribution in [3.8, 4) is 12.3 Å². The van der Waals surface area contributed by atoms with Crippen LogP contribution in [0, 0.1) is 12.3 Å². The molecule has 6 nitrogen and oxygen atoms in total. The predicted octanol–water partition coefficient (Wildman–Crippen LogP) is 1.91. The lowest BCUT2D eigenvalue weighted by molar-refractivity contribution is -0.140. The van der Waals surface area contributed by atoms with Crippen LogP contribution < -0.4 is 11.1 Å². The number of carboxylic acid groups (broad SMARTS) is 1. The van der Waals surface area contributed by atoms with Crippen LogP contribution in [0.1, 0.15) is 19.4 Å². The van der Waals surface area contributed by atoms with Gasteiger partial charge in [-0.05, 0) is 25.0 Å². The molecule has 4 N–H and O–H groups in total. The molecule has 1 aromatic carbocycles. The van der Waals surface area contributed by atoms with Crippen LogP contribution in [0.2, 0.25) is 5.02 Å². The van der Waals surface area contributed by atoms with Crippen molar-refractivity contribution in [1.82, 2.24) is 0 Å². The molecule has 0 saturated heterocycles. The lowest BCUT2D eigenvalue weighted by Crippen LogP contribution is -2.26. The fourth-order valence-electron chi connectivity index (χ4n) is 1.48. The van der Waals surface area contributed by atoms with Gasteiger partial charge < -0.3 is 20.9 Å². The van der Waals surface area contributed by atoms with Gasteiger partial charge in [-0.1, -0.05) is 36.6 Å². The van der Waals surface area contributed by atoms with Crippen LogP contribution in [0.3, 0.4) is 0 Å². The topological polar surface area (TPSA) is 102 Å². The minimum atomic E-state index is -0.892. The highest BCUT2D eigenvalue weighted by Crippen LogP contribution is 2.26. The third kappa shape index (κ3) is 8.10. The summed E-state index contributed by atoms with van der Waals surface area (Å²) in [6.45, 7) is 3.49. The monoisotopic (exact) mass is 340 g/mol. The van der Waals surface area contributed by atoms with Crippen LogP contribution in [0.25, 0.3) is 0 Å². The molecule has 0 bridgehead atoms. The second-order valence-corrected chi connectivity index (χ2v) is 4.81. The zero-order chi connectivity index (χ0) is 17.8. The first-order valence-corrected chi connectivity index (χ1v) is 7.31. The summed E-state index contributed by atoms with van der Waals surface area (Å²) in [5.74, 6) is 0.773. The third-order valence-electron chi connectivity index (χ3n) is 2.70. The van der Waals surface area contributed by atoms with Gasteiger partial charge in [0.15, 0.2) is 6.61 Å². The van der Waals surface area contributed by atoms with Gasteiger partial charge in [-0.25, -0.2) is 0 Å². The summed E-state index contributed by atoms with van der Waals surface area (Å²) in [6.07, 6.45) is 5.58. The number of anilines is 1. The summed E-state index contributed by atoms with van der Waals surface area (Å²) < 4.78 is 4.34. The molecule has 0 amide bonds. The average molecular weight is 341 g/mol. The standard InChI is InChI=1S/C11H14ClNO2.C5H7NO2/c1-3-8-5-4-6-9(12)10(8)13-7(2)11(14)15;1-2-3-8-5(7)4-6/h4-7,13H,3H2,1-2H3,(H,14,15);1H,3-4,6H2/t7-;/m0./s1. The number of esters is 1. The summed E-state index contributed by atoms with van der Waals surface area (Å²) in [4.78, 5) is 20.8. The third-order valence-corrected chi connectivity index (χ3v) is 3.01. The molecule has 1 atom stereocenters. The number of rotatable bonds is 6. The number of carbonyl (C=O) groups is 2. The first kappa shape index (κ1) is 20.8. The Morgan fingerprint density at radius 3 is 2.65 bits per heavy atom. The summed E-state index contributed by atoms with van der Waals surface area (Å²) in [5, 5.41) is 12.2. The van der Waals surface area contributed by atoms with E-state index in [-0.39, 0.29) is 13.2 Å². The molecule has 0 spiro atoms. The minimum Gasteiger partial charge on any atom is -0.480 e. The van der Waals surface area contributed by atoms with Gasteiger partial charge >= 0.3 is 11.9 Å². The Morgan fingerprint density at radius 2 is 2.17 bits per heavy atom. The van der Waals surface area contributed by atoms with Crippen molar-refractivity contribution in [3.63, 3.8) is 0 Å². The normalized spacial score (nSPS) is 10.6. The Hall–Kier alpha value is -2.23. The van der Waals surface area contributed by atoms with Crippen LogP contribution in [0.4, 0.5) is 5.69 Å². The van der Waals surface area contributed by atoms with Crippen molar-refractivity contribution in [2.45, 2.75) is 26.3 Å². The number of nitrogens with two attached hydrogens (primary N) is 1. The molecule has 0 heterocycles. The Balaban J connectivity index is 0.000000515. The number of para-hydroxylation sites is 1. The average Bonchev–Trinajstić information content (AvgIpc) is 2.54. The van der Waals surface area contributed by atoms with E-state index < -0.39 is 18.0 Å². The first-order chi connectivity index (χ1) is 10.9. The van der Waals surface area contributed by atoms with Crippen LogP contribution >= 0.6 is 11.6 Å². The highest BCUT2D eigenvalue weighted by Gasteiger charge is 2.13. The summed E-state index contributed by atoms with van der Waals surface area (Å²) in [5.41, 5.74) is 6.61. The van der Waals surface area contributed by atoms with Crippen molar-refractivity contribution < 1.29 is 19.4 Å². The largest absolute Gasteiger partial charge is 0.480 e. The maximum absolute atomic E-state index is 10.7. The van der Waals surface area contributed by atoms with Crippen molar-refractivity contribution in [1.29, 1.82) is 0 Å². The molecule has 0 aromatic heterocycles. The summed E-state index contributed by atoms with van der Waals surface area (Å²) in [7, 11) is 0. The summed E-state index contributed by atoms with van der Waals surface area (Å²) in [6, 6.07) is 4.90. The molecule has 7 heteroatoms. The Kier molecular flexibility index (Phi) is 10.3. The maximum Gasteiger partial charge on any atom is 0.325 e. The van der Waals surface area contributed by atoms with Gasteiger partial charge in [0.05, 0.1) is 17.3 Å². The number of hydrogen-bond acceptors (Lipinski definition) is 5. The fourth-order valence-corrected chi connectivity index (χ4v) is 1.73. The van der Waals surface area contributed by atoms with E-state index in [1.54, 1.807) is 13.0 Å². The molecule has 0 fully saturated rings. The van der Waals surface area contributed by atoms with E-state index in [1.807, 2.05) is 19.1 Å². The van der Waals surface area contributed by atoms with Gasteiger partial charge in [0.2, 0.25) is 0 Å². The minimum absolute atomic E-state index is 0.00995. The van der Waals surface area contributed by atoms with E-state index in [0.717, 1.165) is 17.7 Å². The molecular formula is C16H21ClN2O4. The van der Waals surface area contributed by atoms with E-state index in [4.69, 9.17) is 28.9 Å². The van der Waals surface area contributed by atoms with E-state index in [1.165, 1.54) is 0 Å². The van der Waals surface area contributed by atoms with Gasteiger partial charge in [0, 0.05) is 0 Å². The fraction of sp³-hybridized carbons (Fsp3) is 0.375. The van der Waals surface area contributed by atoms with Crippen molar-refractivity contribution in [3.05, 3.63) is 28.8 Å². The Morgan fingerprint density at radius 1 is 1.52 bits per heavy atom. The van der Waals surface area contributed by atoms with E-state index in [9.17, 15) is 9.59 Å². The SMILES string of the molecule is C#CCOC(=O)CN.CCc1cccc(Cl)c1N[C@@H](C)C(=O)O. The molecule has 0 aliphatic carbocycles. The molecule has 0 aliphatic rings. The van der Waals surface area contributed by atoms with Crippen molar-refractivity contribution in [2.75, 3.05) is 18.5 Å². The number of benzene rings is 1. The van der Waals surface area contributed by atoms with Gasteiger partial charge in [-0.2, -0.15) is 0 Å². The van der Waals surface area contributed by atoms with Crippen molar-refractivity contribution >= 4 is 29.2 Å². The number of aliphatic carboxylic acids is 1. The van der Waals surface area contributed by atoms with Crippen LogP contribution in [0.5, 0.6) is 0 Å². The quantitative estimate of drug-likeness (QED) is 0.540. The molecule has 1 rings (SSSR count). The van der Waals surface area contributed by atoms with Gasteiger partial charge in [0.25, 0.3) is 0 Å². The van der Waals surface area contributed by atoms with Crippen LogP contribution in [-0.4, -0.2) is 36.2 Å². The van der Waals surface area contributed by atoms with Gasteiger partial charge in [-0.3, -0.25) is 9.59 Å². The smallest absolute Gasteiger partial charge is 0.325 e. The lowest BCUT2D eigenvalue weighted by atomic mass is 10.1. The first-order valence-electron chi connectivity index (χ1n) is 6.93. The number of carbonyl (C=O) groups excluding carboxylic acids is 1. The van der Waals surface area contributed by atoms with E-state index in [0.29, 0.717) is 5.02 Å². The summed E-state index contributed by atoms with van der Waals surface area (Å²) >= 11 is 6.00. The zero-order valence-electron chi connectivity index (χ0n) is 13.1. The Bertz CT molecular complexity index is 570. The second-order valence-electron chi connectivity index (χ2n) is 4.40. The molecule has 23 heavy (non-hydrogen) atoms. The molecule has 1 aromatic rings. The van der Waals surface area contributed by atoms with Crippen LogP contribution in [-0.2, 0) is 20.7 Å². The molecule has 0 radical (unpaired) electrons. The van der Waals surface area contributed by atoms with Crippen LogP contribution in [0.15, 0.2) is 18.2 Å². The Labute approximate surface area is 141 Å². The number of hydrogen-bond donors (Lipinski definition) is 3. The number of halogens is 1. The van der Waals surface area contributed by atoms with Gasteiger partial charge in [0.1, 0.15) is 6.04 Å². The molecule has 0 saturated carbocycles. The zero-order valence-corrected chi connectivity index (χ0v) is 13.9. The van der Waals surface area contributed by atoms with E-state index in [2.05, 4.69) is 16.0 Å². The lowest BCUT2D eigenvalue weighted by Gasteiger charge is -2.15. The molecular weight excluding hydrogens is 320 g/mol. The number of aryl methyl sites for hydroxylation is 1. The number of nitrogens with one attached hydrogen (secondary N) is 1. The highest BCUT2D eigenvalue weighted by molar-refractivity contribution is 6.33. The second kappa shape index (κ2) is 11.4.